The normalized spacial score (nSPS) is 12.0. The molecular formula is C39H42ClN5O5. The largest absolute Gasteiger partial charge is 0.442 e. The molecule has 260 valence electrons. The lowest BCUT2D eigenvalue weighted by Crippen LogP contribution is -2.34. The molecule has 50 heavy (non-hydrogen) atoms. The van der Waals surface area contributed by atoms with Crippen LogP contribution in [0.15, 0.2) is 84.9 Å². The number of nitrogens with one attached hydrogen (secondary N) is 4. The summed E-state index contributed by atoms with van der Waals surface area (Å²) in [6.45, 7) is 10.1. The van der Waals surface area contributed by atoms with Crippen LogP contribution in [-0.2, 0) is 11.2 Å². The maximum absolute atomic E-state index is 13.9. The molecule has 0 fully saturated rings. The minimum Gasteiger partial charge on any atom is -0.442 e. The molecule has 0 bridgehead atoms. The first-order chi connectivity index (χ1) is 24.0. The number of ether oxygens (including phenoxy) is 1. The Bertz CT molecular complexity index is 2130. The number of nitrogens with zero attached hydrogens (tertiary/aromatic N) is 1. The molecule has 6 aromatic rings. The smallest absolute Gasteiger partial charge is 0.441 e. The van der Waals surface area contributed by atoms with E-state index in [0.29, 0.717) is 41.5 Å². The Kier molecular flexibility index (Phi) is 11.0. The van der Waals surface area contributed by atoms with Gasteiger partial charge in [-0.15, -0.1) is 11.6 Å². The number of hydrogen-bond acceptors (Lipinski definition) is 5. The van der Waals surface area contributed by atoms with Gasteiger partial charge in [0, 0.05) is 51.9 Å². The molecule has 4 aromatic carbocycles. The number of rotatable bonds is 5. The van der Waals surface area contributed by atoms with Crippen molar-refractivity contribution >= 4 is 73.5 Å². The zero-order valence-corrected chi connectivity index (χ0v) is 29.8. The Hall–Kier alpha value is -5.48. The van der Waals surface area contributed by atoms with E-state index in [0.717, 1.165) is 38.1 Å². The molecule has 3 heterocycles. The fourth-order valence-corrected chi connectivity index (χ4v) is 5.79. The molecule has 10 nitrogen and oxygen atoms in total. The molecule has 0 spiro atoms. The number of halogens is 1. The maximum Gasteiger partial charge on any atom is 0.441 e. The van der Waals surface area contributed by atoms with Crippen LogP contribution in [-0.4, -0.2) is 46.4 Å². The van der Waals surface area contributed by atoms with Crippen molar-refractivity contribution in [2.75, 3.05) is 23.1 Å². The van der Waals surface area contributed by atoms with Gasteiger partial charge in [-0.3, -0.25) is 9.59 Å². The van der Waals surface area contributed by atoms with Crippen molar-refractivity contribution in [2.24, 2.45) is 0 Å². The highest BCUT2D eigenvalue weighted by molar-refractivity contribution is 6.15. The van der Waals surface area contributed by atoms with Crippen molar-refractivity contribution in [3.05, 3.63) is 102 Å². The van der Waals surface area contributed by atoms with Crippen molar-refractivity contribution in [3.8, 4) is 5.75 Å². The van der Waals surface area contributed by atoms with Gasteiger partial charge in [0.05, 0.1) is 5.69 Å². The van der Waals surface area contributed by atoms with E-state index in [1.165, 1.54) is 12.8 Å². The number of anilines is 2. The number of amides is 3. The summed E-state index contributed by atoms with van der Waals surface area (Å²) in [4.78, 5) is 52.9. The van der Waals surface area contributed by atoms with Gasteiger partial charge in [0.1, 0.15) is 17.0 Å². The summed E-state index contributed by atoms with van der Waals surface area (Å²) in [6.07, 6.45) is 2.68. The summed E-state index contributed by atoms with van der Waals surface area (Å²) < 4.78 is 5.31. The number of alkyl halides is 1. The van der Waals surface area contributed by atoms with Crippen molar-refractivity contribution < 1.29 is 24.0 Å². The average Bonchev–Trinajstić information content (AvgIpc) is 3.84. The molecule has 7 rings (SSSR count). The lowest BCUT2D eigenvalue weighted by Gasteiger charge is -2.21. The predicted molar refractivity (Wildman–Crippen MR) is 202 cm³/mol. The van der Waals surface area contributed by atoms with Crippen LogP contribution in [0, 0.1) is 0 Å². The minimum atomic E-state index is -0.713. The molecule has 0 aliphatic carbocycles. The number of hydroxylamine groups is 1. The van der Waals surface area contributed by atoms with Gasteiger partial charge < -0.3 is 29.8 Å². The molecular weight excluding hydrogens is 654 g/mol. The van der Waals surface area contributed by atoms with Crippen LogP contribution in [0.5, 0.6) is 5.75 Å². The van der Waals surface area contributed by atoms with Gasteiger partial charge >= 0.3 is 6.09 Å². The fraction of sp³-hybridized carbons (Fsp3) is 0.256. The number of H-pyrrole nitrogens is 2. The monoisotopic (exact) mass is 695 g/mol. The summed E-state index contributed by atoms with van der Waals surface area (Å²) in [7, 11) is 0. The number of benzene rings is 4. The number of carbonyl (C=O) groups excluding carboxylic acids is 3. The molecule has 1 aliphatic heterocycles. The van der Waals surface area contributed by atoms with E-state index in [1.807, 2.05) is 66.7 Å². The minimum absolute atomic E-state index is 0.199. The Morgan fingerprint density at radius 2 is 1.46 bits per heavy atom. The van der Waals surface area contributed by atoms with Crippen molar-refractivity contribution in [2.45, 2.75) is 53.1 Å². The molecule has 0 unspecified atom stereocenters. The lowest BCUT2D eigenvalue weighted by molar-refractivity contribution is 0.0290. The highest BCUT2D eigenvalue weighted by Gasteiger charge is 2.30. The fourth-order valence-electron chi connectivity index (χ4n) is 5.79. The molecule has 2 aromatic heterocycles. The quantitative estimate of drug-likeness (QED) is 0.106. The summed E-state index contributed by atoms with van der Waals surface area (Å²) >= 11 is 4.64. The van der Waals surface area contributed by atoms with Gasteiger partial charge in [-0.05, 0) is 74.5 Å². The van der Waals surface area contributed by atoms with Gasteiger partial charge in [-0.2, -0.15) is 5.48 Å². The summed E-state index contributed by atoms with van der Waals surface area (Å²) in [5, 5.41) is 6.45. The van der Waals surface area contributed by atoms with Gasteiger partial charge in [0.15, 0.2) is 5.75 Å². The summed E-state index contributed by atoms with van der Waals surface area (Å²) in [5.74, 6) is -0.0469. The van der Waals surface area contributed by atoms with E-state index in [9.17, 15) is 14.4 Å². The first-order valence-corrected chi connectivity index (χ1v) is 17.2. The zero-order valence-electron chi connectivity index (χ0n) is 29.1. The van der Waals surface area contributed by atoms with Crippen LogP contribution in [0.25, 0.3) is 32.6 Å². The number of carbonyl (C=O) groups is 3. The van der Waals surface area contributed by atoms with E-state index in [-0.39, 0.29) is 11.8 Å². The van der Waals surface area contributed by atoms with E-state index in [1.54, 1.807) is 43.9 Å². The van der Waals surface area contributed by atoms with Crippen LogP contribution in [0.4, 0.5) is 16.2 Å². The van der Waals surface area contributed by atoms with E-state index in [2.05, 4.69) is 46.2 Å². The lowest BCUT2D eigenvalue weighted by atomic mass is 10.0. The number of para-hydroxylation sites is 1. The van der Waals surface area contributed by atoms with Crippen LogP contribution >= 0.6 is 11.6 Å². The molecule has 11 heteroatoms. The van der Waals surface area contributed by atoms with E-state index in [4.69, 9.17) is 9.57 Å². The third-order valence-electron chi connectivity index (χ3n) is 7.74. The highest BCUT2D eigenvalue weighted by Crippen LogP contribution is 2.40. The third-order valence-corrected chi connectivity index (χ3v) is 7.74. The molecule has 0 radical (unpaired) electrons. The average molecular weight is 696 g/mol. The van der Waals surface area contributed by atoms with Crippen LogP contribution < -0.4 is 20.5 Å². The van der Waals surface area contributed by atoms with Crippen LogP contribution in [0.2, 0.25) is 0 Å². The molecule has 0 saturated heterocycles. The summed E-state index contributed by atoms with van der Waals surface area (Å²) in [6, 6.07) is 26.3. The Morgan fingerprint density at radius 1 is 0.820 bits per heavy atom. The first kappa shape index (κ1) is 35.8. The van der Waals surface area contributed by atoms with Gasteiger partial charge in [0.25, 0.3) is 11.8 Å². The van der Waals surface area contributed by atoms with Gasteiger partial charge in [0.2, 0.25) is 0 Å². The highest BCUT2D eigenvalue weighted by atomic mass is 35.5. The van der Waals surface area contributed by atoms with Crippen molar-refractivity contribution in [1.82, 2.24) is 15.4 Å². The van der Waals surface area contributed by atoms with E-state index < -0.39 is 11.7 Å². The van der Waals surface area contributed by atoms with Crippen molar-refractivity contribution in [3.63, 3.8) is 0 Å². The third kappa shape index (κ3) is 7.87. The first-order valence-electron chi connectivity index (χ1n) is 16.5. The standard InChI is InChI=1S/C35H31N5O5.C3H8.CH3Cl/c1-35(2,3)44-34(43)39-45-31-19-30-24(23-9-5-6-10-25(23)31)14-15-40(30)33(42)29-18-21-16-22(12-13-27(21)38-29)36-32(41)28-17-20-8-4-7-11-26(20)37-28;1-3-2;1-2/h4-13,16-19,37-38H,14-15H2,1-3H3,(H,36,41)(H,39,43);3H2,1-2H3;1H3. The number of aromatic nitrogens is 2. The second-order valence-corrected chi connectivity index (χ2v) is 12.7. The van der Waals surface area contributed by atoms with Crippen LogP contribution in [0.3, 0.4) is 0 Å². The van der Waals surface area contributed by atoms with E-state index >= 15 is 0 Å². The SMILES string of the molecule is CC(C)(C)OC(=O)NOc1cc2c(c3ccccc13)CCN2C(=O)c1cc2cc(NC(=O)c3cc4ccccc4[nH]3)ccc2[nH]1.CCC.CCl. The molecule has 0 atom stereocenters. The molecule has 4 N–H and O–H groups in total. The second-order valence-electron chi connectivity index (χ2n) is 12.7. The summed E-state index contributed by atoms with van der Waals surface area (Å²) in [5.41, 5.74) is 6.58. The Morgan fingerprint density at radius 3 is 2.18 bits per heavy atom. The van der Waals surface area contributed by atoms with Gasteiger partial charge in [-0.25, -0.2) is 4.79 Å². The predicted octanol–water partition coefficient (Wildman–Crippen LogP) is 9.35. The Balaban J connectivity index is 0.000000924. The number of hydrogen-bond donors (Lipinski definition) is 4. The zero-order chi connectivity index (χ0) is 36.0. The molecule has 1 aliphatic rings. The van der Waals surface area contributed by atoms with Crippen molar-refractivity contribution in [1.29, 1.82) is 0 Å². The maximum atomic E-state index is 13.9. The molecule has 3 amide bonds. The number of aromatic amines is 2. The topological polar surface area (TPSA) is 129 Å². The van der Waals surface area contributed by atoms with Crippen LogP contribution in [0.1, 0.15) is 67.6 Å². The van der Waals surface area contributed by atoms with Gasteiger partial charge in [-0.1, -0.05) is 62.7 Å². The number of fused-ring (bicyclic) bond motifs is 5. The second kappa shape index (κ2) is 15.4. The molecule has 0 saturated carbocycles. The Labute approximate surface area is 296 Å².